The van der Waals surface area contributed by atoms with E-state index < -0.39 is 48.2 Å². The quantitative estimate of drug-likeness (QED) is 0.0747. The van der Waals surface area contributed by atoms with Crippen LogP contribution < -0.4 is 10.6 Å². The number of carbonyl (C=O) groups excluding carboxylic acids is 2. The molecule has 0 fully saturated rings. The number of nitrogens with one attached hydrogen (secondary N) is 2. The maximum Gasteiger partial charge on any atom is 0.405 e. The van der Waals surface area contributed by atoms with Gasteiger partial charge in [0.05, 0.1) is 12.5 Å². The topological polar surface area (TPSA) is 117 Å². The van der Waals surface area contributed by atoms with Crippen LogP contribution in [0.15, 0.2) is 121 Å². The van der Waals surface area contributed by atoms with E-state index in [2.05, 4.69) is 10.6 Å². The minimum atomic E-state index is -1.42. The van der Waals surface area contributed by atoms with Crippen LogP contribution in [0.3, 0.4) is 0 Å². The summed E-state index contributed by atoms with van der Waals surface area (Å²) in [5.74, 6) is -1.09. The number of carboxylic acid groups (broad SMARTS) is 1. The first-order chi connectivity index (χ1) is 24.3. The average molecular weight is 694 g/mol. The fourth-order valence-corrected chi connectivity index (χ4v) is 7.29. The van der Waals surface area contributed by atoms with Crippen molar-refractivity contribution in [2.45, 2.75) is 57.6 Å². The van der Waals surface area contributed by atoms with Crippen molar-refractivity contribution in [3.63, 3.8) is 0 Å². The van der Waals surface area contributed by atoms with Gasteiger partial charge in [-0.25, -0.2) is 4.79 Å². The highest BCUT2D eigenvalue weighted by Gasteiger charge is 2.40. The van der Waals surface area contributed by atoms with Crippen LogP contribution in [-0.4, -0.2) is 59.5 Å². The molecule has 0 spiro atoms. The minimum Gasteiger partial charge on any atom is -0.465 e. The normalized spacial score (nSPS) is 12.7. The fourth-order valence-electron chi connectivity index (χ4n) is 6.34. The molecule has 1 heterocycles. The number of carbonyl (C=O) groups is 3. The summed E-state index contributed by atoms with van der Waals surface area (Å²) in [6.07, 6.45) is -2.66. The number of ether oxygens (including phenoxy) is 2. The Hall–Kier alpha value is -5.03. The Morgan fingerprint density at radius 1 is 0.780 bits per heavy atom. The lowest BCUT2D eigenvalue weighted by molar-refractivity contribution is -0.179. The summed E-state index contributed by atoms with van der Waals surface area (Å²) < 4.78 is 12.9. The number of thiophene rings is 1. The van der Waals surface area contributed by atoms with Crippen LogP contribution >= 0.6 is 11.3 Å². The largest absolute Gasteiger partial charge is 0.465 e. The maximum atomic E-state index is 14.6. The molecule has 3 N–H and O–H groups in total. The molecule has 0 unspecified atom stereocenters. The van der Waals surface area contributed by atoms with E-state index >= 15 is 0 Å². The Morgan fingerprint density at radius 3 is 1.78 bits per heavy atom. The van der Waals surface area contributed by atoms with Gasteiger partial charge in [0.1, 0.15) is 11.6 Å². The molecule has 1 aromatic heterocycles. The third-order valence-electron chi connectivity index (χ3n) is 8.66. The molecule has 260 valence electrons. The molecular formula is C40H43N3O6S. The van der Waals surface area contributed by atoms with E-state index in [0.29, 0.717) is 13.2 Å². The molecule has 9 nitrogen and oxygen atoms in total. The van der Waals surface area contributed by atoms with Crippen molar-refractivity contribution in [1.82, 2.24) is 15.5 Å². The Kier molecular flexibility index (Phi) is 12.4. The highest BCUT2D eigenvalue weighted by Crippen LogP contribution is 2.37. The highest BCUT2D eigenvalue weighted by molar-refractivity contribution is 7.17. The summed E-state index contributed by atoms with van der Waals surface area (Å²) in [7, 11) is 0. The van der Waals surface area contributed by atoms with Gasteiger partial charge < -0.3 is 30.1 Å². The Balaban J connectivity index is 1.53. The van der Waals surface area contributed by atoms with Gasteiger partial charge in [-0.15, -0.1) is 11.3 Å². The van der Waals surface area contributed by atoms with E-state index in [1.54, 1.807) is 16.2 Å². The lowest BCUT2D eigenvalue weighted by Crippen LogP contribution is -2.56. The molecule has 2 atom stereocenters. The second-order valence-corrected chi connectivity index (χ2v) is 12.8. The summed E-state index contributed by atoms with van der Waals surface area (Å²) >= 11 is 1.56. The third-order valence-corrected chi connectivity index (χ3v) is 9.68. The zero-order valence-electron chi connectivity index (χ0n) is 28.5. The number of amides is 3. The van der Waals surface area contributed by atoms with Gasteiger partial charge >= 0.3 is 6.09 Å². The number of rotatable bonds is 16. The molecule has 50 heavy (non-hydrogen) atoms. The van der Waals surface area contributed by atoms with Crippen LogP contribution in [0.25, 0.3) is 10.1 Å². The zero-order chi connectivity index (χ0) is 35.5. The minimum absolute atomic E-state index is 0.155. The van der Waals surface area contributed by atoms with Gasteiger partial charge in [0.2, 0.25) is 11.8 Å². The Bertz CT molecular complexity index is 1750. The van der Waals surface area contributed by atoms with Crippen molar-refractivity contribution in [2.24, 2.45) is 0 Å². The summed E-state index contributed by atoms with van der Waals surface area (Å²) in [5.41, 5.74) is 2.16. The molecule has 5 rings (SSSR count). The number of hydrogen-bond acceptors (Lipinski definition) is 6. The molecular weight excluding hydrogens is 651 g/mol. The third kappa shape index (κ3) is 8.22. The van der Waals surface area contributed by atoms with Gasteiger partial charge in [-0.1, -0.05) is 109 Å². The van der Waals surface area contributed by atoms with Crippen LogP contribution in [0.1, 0.15) is 49.4 Å². The molecule has 0 saturated carbocycles. The monoisotopic (exact) mass is 693 g/mol. The average Bonchev–Trinajstić information content (AvgIpc) is 3.55. The van der Waals surface area contributed by atoms with E-state index in [9.17, 15) is 19.5 Å². The predicted molar refractivity (Wildman–Crippen MR) is 196 cm³/mol. The Labute approximate surface area is 296 Å². The molecule has 0 aliphatic carbocycles. The van der Waals surface area contributed by atoms with E-state index in [0.717, 1.165) is 32.3 Å². The van der Waals surface area contributed by atoms with Gasteiger partial charge in [0, 0.05) is 24.5 Å². The number of hydrogen-bond donors (Lipinski definition) is 3. The highest BCUT2D eigenvalue weighted by atomic mass is 32.1. The lowest BCUT2D eigenvalue weighted by atomic mass is 9.77. The second-order valence-electron chi connectivity index (χ2n) is 11.8. The Morgan fingerprint density at radius 2 is 1.28 bits per heavy atom. The summed E-state index contributed by atoms with van der Waals surface area (Å²) in [6, 6.07) is 34.6. The van der Waals surface area contributed by atoms with Gasteiger partial charge in [-0.05, 0) is 59.9 Å². The van der Waals surface area contributed by atoms with Gasteiger partial charge in [0.15, 0.2) is 6.29 Å². The van der Waals surface area contributed by atoms with E-state index in [-0.39, 0.29) is 6.54 Å². The first-order valence-corrected chi connectivity index (χ1v) is 17.6. The smallest absolute Gasteiger partial charge is 0.405 e. The van der Waals surface area contributed by atoms with E-state index in [4.69, 9.17) is 9.47 Å². The standard InChI is InChI=1S/C40H43N3O6S/c1-4-48-38(49-5-2)28(3)43(26-29-27-50-35-24-16-15-23-33(29)35)37(45)34(41-39(46)47)25-36(44)42-40(30-17-9-6-10-18-30,31-19-11-7-12-20-31)32-21-13-8-14-22-32/h6-24,27-28,34,38,41H,4-5,25-26H2,1-3H3,(H,42,44)(H,46,47)/t28-,34-/m0/s1. The van der Waals surface area contributed by atoms with Crippen LogP contribution in [-0.2, 0) is 31.1 Å². The van der Waals surface area contributed by atoms with Gasteiger partial charge in [-0.3, -0.25) is 9.59 Å². The summed E-state index contributed by atoms with van der Waals surface area (Å²) in [5, 5.41) is 18.5. The van der Waals surface area contributed by atoms with Crippen molar-refractivity contribution < 1.29 is 29.0 Å². The van der Waals surface area contributed by atoms with Crippen molar-refractivity contribution in [3.05, 3.63) is 143 Å². The number of nitrogens with zero attached hydrogens (tertiary/aromatic N) is 1. The lowest BCUT2D eigenvalue weighted by Gasteiger charge is -2.38. The molecule has 10 heteroatoms. The fraction of sp³-hybridized carbons (Fsp3) is 0.275. The zero-order valence-corrected chi connectivity index (χ0v) is 29.3. The van der Waals surface area contributed by atoms with Crippen molar-refractivity contribution >= 4 is 39.3 Å². The molecule has 4 aromatic carbocycles. The van der Waals surface area contributed by atoms with Crippen LogP contribution in [0.5, 0.6) is 0 Å². The summed E-state index contributed by atoms with van der Waals surface area (Å²) in [4.78, 5) is 42.7. The molecule has 0 bridgehead atoms. The second kappa shape index (κ2) is 17.1. The molecule has 0 aliphatic rings. The molecule has 3 amide bonds. The van der Waals surface area contributed by atoms with Crippen molar-refractivity contribution in [1.29, 1.82) is 0 Å². The molecule has 0 aliphatic heterocycles. The van der Waals surface area contributed by atoms with Crippen LogP contribution in [0, 0.1) is 0 Å². The molecule has 0 radical (unpaired) electrons. The van der Waals surface area contributed by atoms with E-state index in [1.807, 2.05) is 141 Å². The number of fused-ring (bicyclic) bond motifs is 1. The maximum absolute atomic E-state index is 14.6. The van der Waals surface area contributed by atoms with Crippen molar-refractivity contribution in [3.8, 4) is 0 Å². The molecule has 5 aromatic rings. The summed E-state index contributed by atoms with van der Waals surface area (Å²) in [6.45, 7) is 6.34. The van der Waals surface area contributed by atoms with Crippen LogP contribution in [0.2, 0.25) is 0 Å². The SMILES string of the molecule is CCOC(OCC)[C@H](C)N(Cc1csc2ccccc12)C(=O)[C@H](CC(=O)NC(c1ccccc1)(c1ccccc1)c1ccccc1)NC(=O)O. The molecule has 0 saturated heterocycles. The van der Waals surface area contributed by atoms with Crippen molar-refractivity contribution in [2.75, 3.05) is 13.2 Å². The number of benzene rings is 4. The van der Waals surface area contributed by atoms with E-state index in [1.165, 1.54) is 0 Å². The predicted octanol–water partition coefficient (Wildman–Crippen LogP) is 7.15. The van der Waals surface area contributed by atoms with Gasteiger partial charge in [0.25, 0.3) is 0 Å². The first-order valence-electron chi connectivity index (χ1n) is 16.7. The van der Waals surface area contributed by atoms with Gasteiger partial charge in [-0.2, -0.15) is 0 Å². The first kappa shape index (κ1) is 36.3. The van der Waals surface area contributed by atoms with Crippen LogP contribution in [0.4, 0.5) is 4.79 Å².